The van der Waals surface area contributed by atoms with Gasteiger partial charge in [-0.05, 0) is 44.9 Å². The SMILES string of the molecule is CCC/C=C\C/C=C\CCCCCCCC(=O)OC(COC(=O)CCCCCCCCCCCCC)COC(=O)CCCCCCCCCCCCCCCCCCCCCCCCCCCC. The van der Waals surface area contributed by atoms with Crippen molar-refractivity contribution >= 4 is 17.9 Å². The van der Waals surface area contributed by atoms with Gasteiger partial charge in [0.2, 0.25) is 0 Å². The van der Waals surface area contributed by atoms with Crippen LogP contribution in [0.1, 0.15) is 335 Å². The number of rotatable bonds is 56. The summed E-state index contributed by atoms with van der Waals surface area (Å²) in [5.74, 6) is -0.867. The Bertz CT molecular complexity index is 1100. The maximum atomic E-state index is 12.8. The second kappa shape index (κ2) is 57.5. The number of unbranched alkanes of at least 4 members (excludes halogenated alkanes) is 41. The number of ether oxygens (including phenoxy) is 3. The molecule has 0 aliphatic heterocycles. The van der Waals surface area contributed by atoms with Gasteiger partial charge in [0.25, 0.3) is 0 Å². The lowest BCUT2D eigenvalue weighted by Crippen LogP contribution is -2.30. The van der Waals surface area contributed by atoms with Crippen LogP contribution >= 0.6 is 0 Å². The molecule has 0 saturated carbocycles. The summed E-state index contributed by atoms with van der Waals surface area (Å²) in [4.78, 5) is 38.1. The minimum atomic E-state index is -0.773. The van der Waals surface area contributed by atoms with E-state index >= 15 is 0 Å². The van der Waals surface area contributed by atoms with E-state index in [0.29, 0.717) is 19.3 Å². The molecule has 0 aliphatic rings. The van der Waals surface area contributed by atoms with Gasteiger partial charge in [-0.3, -0.25) is 14.4 Å². The van der Waals surface area contributed by atoms with Crippen molar-refractivity contribution in [1.82, 2.24) is 0 Å². The fourth-order valence-corrected chi connectivity index (χ4v) is 9.13. The molecule has 0 amide bonds. The van der Waals surface area contributed by atoms with E-state index in [2.05, 4.69) is 45.1 Å². The molecule has 1 unspecified atom stereocenters. The number of allylic oxidation sites excluding steroid dienone is 4. The summed E-state index contributed by atoms with van der Waals surface area (Å²) < 4.78 is 16.8. The summed E-state index contributed by atoms with van der Waals surface area (Å²) in [7, 11) is 0. The highest BCUT2D eigenvalue weighted by molar-refractivity contribution is 5.71. The van der Waals surface area contributed by atoms with Crippen LogP contribution in [0.4, 0.5) is 0 Å². The molecule has 0 aromatic rings. The van der Waals surface area contributed by atoms with Crippen molar-refractivity contribution in [1.29, 1.82) is 0 Å². The van der Waals surface area contributed by atoms with E-state index in [4.69, 9.17) is 14.2 Å². The Morgan fingerprint density at radius 3 is 0.868 bits per heavy atom. The third kappa shape index (κ3) is 54.8. The Morgan fingerprint density at radius 1 is 0.294 bits per heavy atom. The number of hydrogen-bond acceptors (Lipinski definition) is 6. The van der Waals surface area contributed by atoms with Crippen LogP contribution in [0.3, 0.4) is 0 Å². The highest BCUT2D eigenvalue weighted by Gasteiger charge is 2.19. The fourth-order valence-electron chi connectivity index (χ4n) is 9.13. The molecule has 0 heterocycles. The van der Waals surface area contributed by atoms with Gasteiger partial charge >= 0.3 is 17.9 Å². The topological polar surface area (TPSA) is 78.9 Å². The molecule has 0 bridgehead atoms. The van der Waals surface area contributed by atoms with Crippen molar-refractivity contribution in [3.8, 4) is 0 Å². The van der Waals surface area contributed by atoms with Crippen LogP contribution in [-0.4, -0.2) is 37.2 Å². The summed E-state index contributed by atoms with van der Waals surface area (Å²) in [6, 6.07) is 0. The number of hydrogen-bond donors (Lipinski definition) is 0. The second-order valence-electron chi connectivity index (χ2n) is 20.6. The molecule has 0 spiro atoms. The van der Waals surface area contributed by atoms with Gasteiger partial charge in [0.1, 0.15) is 13.2 Å². The van der Waals surface area contributed by atoms with Crippen molar-refractivity contribution in [2.45, 2.75) is 341 Å². The van der Waals surface area contributed by atoms with Gasteiger partial charge < -0.3 is 14.2 Å². The van der Waals surface area contributed by atoms with Crippen LogP contribution in [0.2, 0.25) is 0 Å². The Labute approximate surface area is 423 Å². The molecule has 0 fully saturated rings. The normalized spacial score (nSPS) is 12.1. The molecular formula is C62H116O6. The Morgan fingerprint density at radius 2 is 0.559 bits per heavy atom. The van der Waals surface area contributed by atoms with E-state index in [1.807, 2.05) is 0 Å². The van der Waals surface area contributed by atoms with Crippen molar-refractivity contribution in [2.24, 2.45) is 0 Å². The predicted molar refractivity (Wildman–Crippen MR) is 293 cm³/mol. The third-order valence-electron chi connectivity index (χ3n) is 13.7. The van der Waals surface area contributed by atoms with Crippen LogP contribution < -0.4 is 0 Å². The summed E-state index contributed by atoms with van der Waals surface area (Å²) in [5, 5.41) is 0. The van der Waals surface area contributed by atoms with Crippen LogP contribution in [-0.2, 0) is 28.6 Å². The van der Waals surface area contributed by atoms with Gasteiger partial charge in [-0.15, -0.1) is 0 Å². The van der Waals surface area contributed by atoms with Crippen LogP contribution in [0.15, 0.2) is 24.3 Å². The van der Waals surface area contributed by atoms with E-state index in [9.17, 15) is 14.4 Å². The van der Waals surface area contributed by atoms with E-state index in [1.165, 1.54) is 205 Å². The van der Waals surface area contributed by atoms with Gasteiger partial charge in [0, 0.05) is 19.3 Å². The van der Waals surface area contributed by atoms with Crippen LogP contribution in [0, 0.1) is 0 Å². The highest BCUT2D eigenvalue weighted by Crippen LogP contribution is 2.18. The van der Waals surface area contributed by atoms with E-state index < -0.39 is 6.10 Å². The summed E-state index contributed by atoms with van der Waals surface area (Å²) in [6.45, 7) is 6.61. The second-order valence-corrected chi connectivity index (χ2v) is 20.6. The number of esters is 3. The van der Waals surface area contributed by atoms with Gasteiger partial charge in [-0.2, -0.15) is 0 Å². The molecule has 0 radical (unpaired) electrons. The number of carbonyl (C=O) groups is 3. The van der Waals surface area contributed by atoms with Crippen molar-refractivity contribution < 1.29 is 28.6 Å². The van der Waals surface area contributed by atoms with Crippen molar-refractivity contribution in [2.75, 3.05) is 13.2 Å². The first kappa shape index (κ1) is 65.9. The molecule has 0 rings (SSSR count). The Kier molecular flexibility index (Phi) is 55.7. The average molecular weight is 958 g/mol. The molecule has 0 saturated heterocycles. The monoisotopic (exact) mass is 957 g/mol. The zero-order valence-corrected chi connectivity index (χ0v) is 45.9. The molecule has 1 atom stereocenters. The molecule has 6 nitrogen and oxygen atoms in total. The Balaban J connectivity index is 4.13. The van der Waals surface area contributed by atoms with Gasteiger partial charge in [0.15, 0.2) is 6.10 Å². The largest absolute Gasteiger partial charge is 0.462 e. The third-order valence-corrected chi connectivity index (χ3v) is 13.7. The lowest BCUT2D eigenvalue weighted by Gasteiger charge is -2.18. The fraction of sp³-hybridized carbons (Fsp3) is 0.887. The van der Waals surface area contributed by atoms with E-state index in [1.54, 1.807) is 0 Å². The highest BCUT2D eigenvalue weighted by atomic mass is 16.6. The lowest BCUT2D eigenvalue weighted by atomic mass is 10.0. The van der Waals surface area contributed by atoms with E-state index in [-0.39, 0.29) is 31.1 Å². The molecule has 6 heteroatoms. The first-order chi connectivity index (χ1) is 33.5. The van der Waals surface area contributed by atoms with Crippen molar-refractivity contribution in [3.05, 3.63) is 24.3 Å². The summed E-state index contributed by atoms with van der Waals surface area (Å²) in [6.07, 6.45) is 67.7. The maximum absolute atomic E-state index is 12.8. The van der Waals surface area contributed by atoms with E-state index in [0.717, 1.165) is 89.9 Å². The number of carbonyl (C=O) groups excluding carboxylic acids is 3. The zero-order chi connectivity index (χ0) is 49.3. The predicted octanol–water partition coefficient (Wildman–Crippen LogP) is 20.3. The quantitative estimate of drug-likeness (QED) is 0.0262. The summed E-state index contributed by atoms with van der Waals surface area (Å²) >= 11 is 0. The standard InChI is InChI=1S/C62H116O6/c1-4-7-10-13-16-19-22-24-25-26-27-28-29-30-31-32-33-34-35-36-38-40-43-46-49-52-55-61(64)67-58-59(57-66-60(63)54-51-48-45-42-39-21-18-15-12-9-6-3)68-62(65)56-53-50-47-44-41-37-23-20-17-14-11-8-5-2/h11,14,20,23,59H,4-10,12-13,15-19,21-22,24-58H2,1-3H3/b14-11-,23-20-. The lowest BCUT2D eigenvalue weighted by molar-refractivity contribution is -0.167. The molecule has 0 aromatic carbocycles. The minimum Gasteiger partial charge on any atom is -0.462 e. The minimum absolute atomic E-state index is 0.0717. The van der Waals surface area contributed by atoms with Gasteiger partial charge in [-0.25, -0.2) is 0 Å². The molecule has 0 aromatic heterocycles. The van der Waals surface area contributed by atoms with Gasteiger partial charge in [0.05, 0.1) is 0 Å². The molecular weight excluding hydrogens is 841 g/mol. The first-order valence-corrected chi connectivity index (χ1v) is 30.3. The molecule has 0 aliphatic carbocycles. The van der Waals surface area contributed by atoms with Crippen LogP contribution in [0.25, 0.3) is 0 Å². The van der Waals surface area contributed by atoms with Gasteiger partial charge in [-0.1, -0.05) is 295 Å². The average Bonchev–Trinajstić information content (AvgIpc) is 3.34. The van der Waals surface area contributed by atoms with Crippen LogP contribution in [0.5, 0.6) is 0 Å². The molecule has 68 heavy (non-hydrogen) atoms. The van der Waals surface area contributed by atoms with Crippen molar-refractivity contribution in [3.63, 3.8) is 0 Å². The zero-order valence-electron chi connectivity index (χ0n) is 45.9. The molecule has 400 valence electrons. The summed E-state index contributed by atoms with van der Waals surface area (Å²) in [5.41, 5.74) is 0. The Hall–Kier alpha value is -2.11. The first-order valence-electron chi connectivity index (χ1n) is 30.3. The smallest absolute Gasteiger partial charge is 0.306 e. The maximum Gasteiger partial charge on any atom is 0.306 e. The molecule has 0 N–H and O–H groups in total.